The Morgan fingerprint density at radius 3 is 1.62 bits per heavy atom. The second-order valence-corrected chi connectivity index (χ2v) is 6.40. The predicted octanol–water partition coefficient (Wildman–Crippen LogP) is 4.12. The molecule has 0 fully saturated rings. The van der Waals surface area contributed by atoms with Crippen LogP contribution in [0.2, 0.25) is 0 Å². The monoisotopic (exact) mass is 341 g/mol. The van der Waals surface area contributed by atoms with E-state index in [9.17, 15) is 0 Å². The Kier molecular flexibility index (Phi) is 3.38. The van der Waals surface area contributed by atoms with Crippen molar-refractivity contribution in [2.45, 2.75) is 13.3 Å². The molecule has 5 heteroatoms. The lowest BCUT2D eigenvalue weighted by Crippen LogP contribution is -2.27. The molecule has 0 radical (unpaired) electrons. The number of anilines is 2. The van der Waals surface area contributed by atoms with Gasteiger partial charge in [0.15, 0.2) is 0 Å². The number of para-hydroxylation sites is 2. The summed E-state index contributed by atoms with van der Waals surface area (Å²) in [6, 6.07) is 20.6. The lowest BCUT2D eigenvalue weighted by Gasteiger charge is -2.30. The molecule has 5 nitrogen and oxygen atoms in total. The summed E-state index contributed by atoms with van der Waals surface area (Å²) in [6.07, 6.45) is 4.81. The molecule has 26 heavy (non-hydrogen) atoms. The molecule has 0 saturated heterocycles. The second kappa shape index (κ2) is 5.88. The number of fused-ring (bicyclic) bond motifs is 2. The topological polar surface area (TPSA) is 38.9 Å². The van der Waals surface area contributed by atoms with E-state index in [4.69, 9.17) is 0 Å². The SMILES string of the molecule is CCN1c2c(cnn2-c2ccccc2)Cc2cnn(-c3ccccc3)c21. The summed E-state index contributed by atoms with van der Waals surface area (Å²) < 4.78 is 4.06. The molecule has 3 heterocycles. The number of rotatable bonds is 3. The Labute approximate surface area is 152 Å². The molecule has 0 bridgehead atoms. The molecule has 2 aromatic heterocycles. The van der Waals surface area contributed by atoms with Gasteiger partial charge in [-0.3, -0.25) is 0 Å². The van der Waals surface area contributed by atoms with Crippen molar-refractivity contribution >= 4 is 11.6 Å². The maximum Gasteiger partial charge on any atom is 0.141 e. The Morgan fingerprint density at radius 2 is 1.19 bits per heavy atom. The van der Waals surface area contributed by atoms with Crippen molar-refractivity contribution in [2.75, 3.05) is 11.4 Å². The van der Waals surface area contributed by atoms with Gasteiger partial charge < -0.3 is 4.90 Å². The molecule has 0 saturated carbocycles. The van der Waals surface area contributed by atoms with Gasteiger partial charge in [0, 0.05) is 24.1 Å². The fourth-order valence-corrected chi connectivity index (χ4v) is 3.70. The fraction of sp³-hybridized carbons (Fsp3) is 0.143. The Morgan fingerprint density at radius 1 is 0.731 bits per heavy atom. The second-order valence-electron chi connectivity index (χ2n) is 6.40. The van der Waals surface area contributed by atoms with Gasteiger partial charge in [-0.25, -0.2) is 9.36 Å². The predicted molar refractivity (Wildman–Crippen MR) is 103 cm³/mol. The zero-order valence-electron chi connectivity index (χ0n) is 14.6. The number of aromatic nitrogens is 4. The summed E-state index contributed by atoms with van der Waals surface area (Å²) in [5.74, 6) is 2.26. The number of benzene rings is 2. The standard InChI is InChI=1S/C21H19N5/c1-2-24-20-16(14-22-25(20)18-9-5-3-6-10-18)13-17-15-23-26(21(17)24)19-11-7-4-8-12-19/h3-12,14-15H,2,13H2,1H3. The van der Waals surface area contributed by atoms with E-state index in [1.54, 1.807) is 0 Å². The van der Waals surface area contributed by atoms with Crippen molar-refractivity contribution in [1.29, 1.82) is 0 Å². The van der Waals surface area contributed by atoms with Crippen LogP contribution in [0, 0.1) is 0 Å². The first-order chi connectivity index (χ1) is 12.9. The van der Waals surface area contributed by atoms with E-state index >= 15 is 0 Å². The third-order valence-electron chi connectivity index (χ3n) is 4.84. The minimum Gasteiger partial charge on any atom is -0.311 e. The van der Waals surface area contributed by atoms with Crippen molar-refractivity contribution in [3.8, 4) is 11.4 Å². The highest BCUT2D eigenvalue weighted by atomic mass is 15.4. The van der Waals surface area contributed by atoms with E-state index < -0.39 is 0 Å². The van der Waals surface area contributed by atoms with Crippen molar-refractivity contribution in [3.05, 3.63) is 84.2 Å². The summed E-state index contributed by atoms with van der Waals surface area (Å²) >= 11 is 0. The molecule has 4 aromatic rings. The summed E-state index contributed by atoms with van der Waals surface area (Å²) in [7, 11) is 0. The highest BCUT2D eigenvalue weighted by Gasteiger charge is 2.30. The van der Waals surface area contributed by atoms with Crippen LogP contribution in [0.25, 0.3) is 11.4 Å². The fourth-order valence-electron chi connectivity index (χ4n) is 3.70. The van der Waals surface area contributed by atoms with E-state index in [2.05, 4.69) is 46.3 Å². The zero-order valence-corrected chi connectivity index (χ0v) is 14.6. The van der Waals surface area contributed by atoms with E-state index in [1.165, 1.54) is 11.1 Å². The molecule has 5 rings (SSSR count). The van der Waals surface area contributed by atoms with Gasteiger partial charge in [-0.1, -0.05) is 36.4 Å². The number of hydrogen-bond donors (Lipinski definition) is 0. The van der Waals surface area contributed by atoms with E-state index in [1.807, 2.05) is 58.2 Å². The van der Waals surface area contributed by atoms with Gasteiger partial charge >= 0.3 is 0 Å². The van der Waals surface area contributed by atoms with Gasteiger partial charge in [-0.05, 0) is 31.2 Å². The molecule has 0 atom stereocenters. The minimum atomic E-state index is 0.844. The number of hydrogen-bond acceptors (Lipinski definition) is 3. The van der Waals surface area contributed by atoms with Crippen molar-refractivity contribution in [3.63, 3.8) is 0 Å². The van der Waals surface area contributed by atoms with Crippen molar-refractivity contribution < 1.29 is 0 Å². The molecule has 0 spiro atoms. The first-order valence-corrected chi connectivity index (χ1v) is 8.89. The Hall–Kier alpha value is -3.34. The van der Waals surface area contributed by atoms with Crippen LogP contribution in [0.3, 0.4) is 0 Å². The molecule has 1 aliphatic heterocycles. The smallest absolute Gasteiger partial charge is 0.141 e. The molecule has 128 valence electrons. The lowest BCUT2D eigenvalue weighted by atomic mass is 10.1. The molecular formula is C21H19N5. The van der Waals surface area contributed by atoms with Gasteiger partial charge in [0.2, 0.25) is 0 Å². The van der Waals surface area contributed by atoms with Gasteiger partial charge in [-0.15, -0.1) is 0 Å². The van der Waals surface area contributed by atoms with E-state index in [0.717, 1.165) is 36.0 Å². The normalized spacial score (nSPS) is 12.7. The highest BCUT2D eigenvalue weighted by Crippen LogP contribution is 2.40. The largest absolute Gasteiger partial charge is 0.311 e. The van der Waals surface area contributed by atoms with Crippen LogP contribution in [0.15, 0.2) is 73.1 Å². The third-order valence-corrected chi connectivity index (χ3v) is 4.84. The zero-order chi connectivity index (χ0) is 17.5. The summed E-state index contributed by atoms with van der Waals surface area (Å²) in [4.78, 5) is 2.31. The van der Waals surface area contributed by atoms with E-state index in [0.29, 0.717) is 0 Å². The molecule has 0 aliphatic carbocycles. The first-order valence-electron chi connectivity index (χ1n) is 8.89. The minimum absolute atomic E-state index is 0.844. The molecule has 0 N–H and O–H groups in total. The summed E-state index contributed by atoms with van der Waals surface area (Å²) in [5.41, 5.74) is 4.61. The van der Waals surface area contributed by atoms with E-state index in [-0.39, 0.29) is 0 Å². The van der Waals surface area contributed by atoms with Gasteiger partial charge in [0.1, 0.15) is 11.6 Å². The van der Waals surface area contributed by atoms with Gasteiger partial charge in [0.25, 0.3) is 0 Å². The highest BCUT2D eigenvalue weighted by molar-refractivity contribution is 5.71. The third kappa shape index (κ3) is 2.17. The first kappa shape index (κ1) is 15.0. The van der Waals surface area contributed by atoms with Crippen LogP contribution in [0.5, 0.6) is 0 Å². The van der Waals surface area contributed by atoms with Crippen molar-refractivity contribution in [1.82, 2.24) is 19.6 Å². The average molecular weight is 341 g/mol. The maximum absolute atomic E-state index is 4.68. The molecule has 0 amide bonds. The Bertz CT molecular complexity index is 963. The summed E-state index contributed by atoms with van der Waals surface area (Å²) in [6.45, 7) is 3.01. The van der Waals surface area contributed by atoms with Crippen LogP contribution in [-0.2, 0) is 6.42 Å². The van der Waals surface area contributed by atoms with Crippen LogP contribution in [0.4, 0.5) is 11.6 Å². The van der Waals surface area contributed by atoms with Crippen LogP contribution in [-0.4, -0.2) is 26.1 Å². The Balaban J connectivity index is 1.69. The molecule has 1 aliphatic rings. The summed E-state index contributed by atoms with van der Waals surface area (Å²) in [5, 5.41) is 9.35. The quantitative estimate of drug-likeness (QED) is 0.563. The van der Waals surface area contributed by atoms with Crippen LogP contribution in [0.1, 0.15) is 18.1 Å². The van der Waals surface area contributed by atoms with Gasteiger partial charge in [0.05, 0.1) is 23.8 Å². The van der Waals surface area contributed by atoms with Crippen molar-refractivity contribution in [2.24, 2.45) is 0 Å². The molecular weight excluding hydrogens is 322 g/mol. The average Bonchev–Trinajstić information content (AvgIpc) is 3.32. The maximum atomic E-state index is 4.68. The molecule has 2 aromatic carbocycles. The number of nitrogens with zero attached hydrogens (tertiary/aromatic N) is 5. The molecule has 0 unspecified atom stereocenters. The van der Waals surface area contributed by atoms with Gasteiger partial charge in [-0.2, -0.15) is 10.2 Å². The van der Waals surface area contributed by atoms with Crippen LogP contribution >= 0.6 is 0 Å². The lowest BCUT2D eigenvalue weighted by molar-refractivity contribution is 0.794. The van der Waals surface area contributed by atoms with Crippen LogP contribution < -0.4 is 4.90 Å².